The fraction of sp³-hybridized carbons (Fsp3) is 0.130. The minimum atomic E-state index is -0.378. The monoisotopic (exact) mass is 422 g/mol. The quantitative estimate of drug-likeness (QED) is 0.524. The first kappa shape index (κ1) is 21.0. The predicted molar refractivity (Wildman–Crippen MR) is 114 cm³/mol. The van der Waals surface area contributed by atoms with E-state index in [-0.39, 0.29) is 12.5 Å². The van der Waals surface area contributed by atoms with Crippen LogP contribution in [0, 0.1) is 11.3 Å². The standard InChI is InChI=1S/C23H19ClN2O4/c1-2-28-22-13-16(14-25)11-12-21(22)29-15-23(27)26-18-8-4-6-10-20(18)30-19-9-5-3-7-17(19)24/h3-13H,2,15H2,1H3,(H,26,27). The molecule has 1 N–H and O–H groups in total. The lowest BCUT2D eigenvalue weighted by atomic mass is 10.2. The number of ether oxygens (including phenoxy) is 3. The average Bonchev–Trinajstić information content (AvgIpc) is 2.76. The Bertz CT molecular complexity index is 1080. The summed E-state index contributed by atoms with van der Waals surface area (Å²) in [6, 6.07) is 20.9. The lowest BCUT2D eigenvalue weighted by molar-refractivity contribution is -0.118. The van der Waals surface area contributed by atoms with Crippen molar-refractivity contribution in [3.05, 3.63) is 77.3 Å². The summed E-state index contributed by atoms with van der Waals surface area (Å²) in [7, 11) is 0. The van der Waals surface area contributed by atoms with Crippen molar-refractivity contribution < 1.29 is 19.0 Å². The van der Waals surface area contributed by atoms with Crippen LogP contribution in [0.4, 0.5) is 5.69 Å². The normalized spacial score (nSPS) is 10.0. The summed E-state index contributed by atoms with van der Waals surface area (Å²) >= 11 is 6.15. The molecule has 3 aromatic carbocycles. The summed E-state index contributed by atoms with van der Waals surface area (Å²) in [5, 5.41) is 12.3. The summed E-state index contributed by atoms with van der Waals surface area (Å²) in [4.78, 5) is 12.4. The second-order valence-electron chi connectivity index (χ2n) is 6.07. The minimum absolute atomic E-state index is 0.244. The molecule has 0 heterocycles. The molecule has 0 atom stereocenters. The average molecular weight is 423 g/mol. The van der Waals surface area contributed by atoms with Gasteiger partial charge in [-0.3, -0.25) is 4.79 Å². The van der Waals surface area contributed by atoms with Crippen molar-refractivity contribution in [2.24, 2.45) is 0 Å². The Balaban J connectivity index is 1.68. The van der Waals surface area contributed by atoms with Crippen molar-refractivity contribution in [3.63, 3.8) is 0 Å². The van der Waals surface area contributed by atoms with Gasteiger partial charge in [0.2, 0.25) is 0 Å². The molecule has 0 saturated heterocycles. The number of para-hydroxylation sites is 3. The van der Waals surface area contributed by atoms with E-state index >= 15 is 0 Å². The van der Waals surface area contributed by atoms with E-state index in [1.807, 2.05) is 19.1 Å². The highest BCUT2D eigenvalue weighted by atomic mass is 35.5. The molecule has 0 fully saturated rings. The Morgan fingerprint density at radius 2 is 1.70 bits per heavy atom. The fourth-order valence-corrected chi connectivity index (χ4v) is 2.77. The summed E-state index contributed by atoms with van der Waals surface area (Å²) < 4.78 is 16.9. The van der Waals surface area contributed by atoms with Crippen molar-refractivity contribution in [2.45, 2.75) is 6.92 Å². The van der Waals surface area contributed by atoms with Gasteiger partial charge in [-0.05, 0) is 43.3 Å². The van der Waals surface area contributed by atoms with Crippen molar-refractivity contribution in [1.29, 1.82) is 5.26 Å². The number of rotatable bonds is 8. The molecule has 0 aliphatic carbocycles. The van der Waals surface area contributed by atoms with Crippen LogP contribution in [0.2, 0.25) is 5.02 Å². The van der Waals surface area contributed by atoms with E-state index in [2.05, 4.69) is 5.32 Å². The van der Waals surface area contributed by atoms with Crippen LogP contribution in [0.5, 0.6) is 23.0 Å². The summed E-state index contributed by atoms with van der Waals surface area (Å²) in [6.07, 6.45) is 0. The highest BCUT2D eigenvalue weighted by molar-refractivity contribution is 6.32. The Morgan fingerprint density at radius 1 is 0.967 bits per heavy atom. The van der Waals surface area contributed by atoms with Crippen LogP contribution in [0.15, 0.2) is 66.7 Å². The third kappa shape index (κ3) is 5.43. The van der Waals surface area contributed by atoms with E-state index in [0.717, 1.165) is 0 Å². The molecule has 0 unspecified atom stereocenters. The molecule has 152 valence electrons. The third-order valence-corrected chi connectivity index (χ3v) is 4.26. The van der Waals surface area contributed by atoms with Gasteiger partial charge in [0.05, 0.1) is 28.9 Å². The van der Waals surface area contributed by atoms with Gasteiger partial charge in [0, 0.05) is 6.07 Å². The van der Waals surface area contributed by atoms with Gasteiger partial charge in [-0.1, -0.05) is 35.9 Å². The van der Waals surface area contributed by atoms with E-state index in [4.69, 9.17) is 31.1 Å². The summed E-state index contributed by atoms with van der Waals surface area (Å²) in [5.74, 6) is 1.35. The number of amides is 1. The van der Waals surface area contributed by atoms with Crippen molar-refractivity contribution >= 4 is 23.2 Å². The van der Waals surface area contributed by atoms with Gasteiger partial charge in [-0.15, -0.1) is 0 Å². The minimum Gasteiger partial charge on any atom is -0.490 e. The van der Waals surface area contributed by atoms with Crippen molar-refractivity contribution in [2.75, 3.05) is 18.5 Å². The molecule has 7 heteroatoms. The van der Waals surface area contributed by atoms with Gasteiger partial charge >= 0.3 is 0 Å². The number of benzene rings is 3. The van der Waals surface area contributed by atoms with Crippen LogP contribution >= 0.6 is 11.6 Å². The topological polar surface area (TPSA) is 80.6 Å². The number of halogens is 1. The van der Waals surface area contributed by atoms with Crippen LogP contribution in [0.1, 0.15) is 12.5 Å². The van der Waals surface area contributed by atoms with E-state index in [0.29, 0.717) is 45.9 Å². The molecule has 0 aliphatic rings. The van der Waals surface area contributed by atoms with Gasteiger partial charge in [-0.2, -0.15) is 5.26 Å². The zero-order valence-electron chi connectivity index (χ0n) is 16.2. The number of nitrogens with one attached hydrogen (secondary N) is 1. The zero-order chi connectivity index (χ0) is 21.3. The van der Waals surface area contributed by atoms with Gasteiger partial charge in [-0.25, -0.2) is 0 Å². The highest BCUT2D eigenvalue weighted by Gasteiger charge is 2.12. The Morgan fingerprint density at radius 3 is 2.43 bits per heavy atom. The molecule has 3 rings (SSSR count). The second-order valence-corrected chi connectivity index (χ2v) is 6.48. The molecule has 1 amide bonds. The molecular formula is C23H19ClN2O4. The Kier molecular flexibility index (Phi) is 7.14. The Labute approximate surface area is 179 Å². The molecule has 0 radical (unpaired) electrons. The van der Waals surface area contributed by atoms with E-state index in [1.54, 1.807) is 60.7 Å². The number of carbonyl (C=O) groups excluding carboxylic acids is 1. The van der Waals surface area contributed by atoms with Crippen LogP contribution in [0.3, 0.4) is 0 Å². The molecule has 3 aromatic rings. The Hall–Kier alpha value is -3.69. The SMILES string of the molecule is CCOc1cc(C#N)ccc1OCC(=O)Nc1ccccc1Oc1ccccc1Cl. The van der Waals surface area contributed by atoms with Crippen LogP contribution in [-0.4, -0.2) is 19.1 Å². The molecule has 6 nitrogen and oxygen atoms in total. The van der Waals surface area contributed by atoms with Crippen LogP contribution < -0.4 is 19.5 Å². The molecular weight excluding hydrogens is 404 g/mol. The maximum Gasteiger partial charge on any atom is 0.262 e. The number of hydrogen-bond acceptors (Lipinski definition) is 5. The molecule has 0 saturated carbocycles. The first-order chi connectivity index (χ1) is 14.6. The van der Waals surface area contributed by atoms with E-state index in [9.17, 15) is 4.79 Å². The third-order valence-electron chi connectivity index (χ3n) is 3.95. The number of nitriles is 1. The number of nitrogens with zero attached hydrogens (tertiary/aromatic N) is 1. The maximum atomic E-state index is 12.4. The predicted octanol–water partition coefficient (Wildman–Crippen LogP) is 5.42. The number of anilines is 1. The van der Waals surface area contributed by atoms with Crippen LogP contribution in [-0.2, 0) is 4.79 Å². The number of hydrogen-bond donors (Lipinski definition) is 1. The van der Waals surface area contributed by atoms with Gasteiger partial charge in [0.1, 0.15) is 5.75 Å². The fourth-order valence-electron chi connectivity index (χ4n) is 2.60. The first-order valence-corrected chi connectivity index (χ1v) is 9.59. The van der Waals surface area contributed by atoms with Crippen molar-refractivity contribution in [1.82, 2.24) is 0 Å². The zero-order valence-corrected chi connectivity index (χ0v) is 17.0. The first-order valence-electron chi connectivity index (χ1n) is 9.21. The molecule has 0 bridgehead atoms. The largest absolute Gasteiger partial charge is 0.490 e. The van der Waals surface area contributed by atoms with E-state index in [1.165, 1.54) is 0 Å². The maximum absolute atomic E-state index is 12.4. The van der Waals surface area contributed by atoms with Gasteiger partial charge < -0.3 is 19.5 Å². The summed E-state index contributed by atoms with van der Waals surface area (Å²) in [5.41, 5.74) is 0.928. The molecule has 30 heavy (non-hydrogen) atoms. The smallest absolute Gasteiger partial charge is 0.262 e. The van der Waals surface area contributed by atoms with Crippen LogP contribution in [0.25, 0.3) is 0 Å². The highest BCUT2D eigenvalue weighted by Crippen LogP contribution is 2.33. The van der Waals surface area contributed by atoms with E-state index < -0.39 is 0 Å². The lowest BCUT2D eigenvalue weighted by Gasteiger charge is -2.14. The number of carbonyl (C=O) groups is 1. The second kappa shape index (κ2) is 10.2. The molecule has 0 aliphatic heterocycles. The van der Waals surface area contributed by atoms with Gasteiger partial charge in [0.15, 0.2) is 23.9 Å². The summed E-state index contributed by atoms with van der Waals surface area (Å²) in [6.45, 7) is 1.99. The van der Waals surface area contributed by atoms with Gasteiger partial charge in [0.25, 0.3) is 5.91 Å². The molecule has 0 aromatic heterocycles. The molecule has 0 spiro atoms. The lowest BCUT2D eigenvalue weighted by Crippen LogP contribution is -2.20. The van der Waals surface area contributed by atoms with Crippen molar-refractivity contribution in [3.8, 4) is 29.1 Å².